The van der Waals surface area contributed by atoms with Gasteiger partial charge in [-0.05, 0) is 48.7 Å². The van der Waals surface area contributed by atoms with Crippen molar-refractivity contribution in [3.05, 3.63) is 59.9 Å². The second-order valence-electron chi connectivity index (χ2n) is 7.20. The molecule has 0 unspecified atom stereocenters. The molecule has 6 nitrogen and oxygen atoms in total. The highest BCUT2D eigenvalue weighted by Crippen LogP contribution is 2.48. The SMILES string of the molecule is CN=C(NCCOc1ccc(S(C)(=O)=O)cc1)NCC1(c2ccccc2F)CC1. The lowest BCUT2D eigenvalue weighted by atomic mass is 9.95. The highest BCUT2D eigenvalue weighted by atomic mass is 32.2. The summed E-state index contributed by atoms with van der Waals surface area (Å²) >= 11 is 0. The van der Waals surface area contributed by atoms with E-state index in [1.165, 1.54) is 24.5 Å². The van der Waals surface area contributed by atoms with Crippen LogP contribution in [-0.4, -0.2) is 47.4 Å². The number of guanidine groups is 1. The van der Waals surface area contributed by atoms with Crippen molar-refractivity contribution in [1.29, 1.82) is 0 Å². The van der Waals surface area contributed by atoms with Gasteiger partial charge in [-0.3, -0.25) is 4.99 Å². The molecular weight excluding hydrogens is 393 g/mol. The predicted molar refractivity (Wildman–Crippen MR) is 112 cm³/mol. The molecule has 0 amide bonds. The summed E-state index contributed by atoms with van der Waals surface area (Å²) in [5.74, 6) is 1.06. The van der Waals surface area contributed by atoms with E-state index in [-0.39, 0.29) is 16.1 Å². The number of aliphatic imine (C=N–C) groups is 1. The van der Waals surface area contributed by atoms with E-state index in [2.05, 4.69) is 15.6 Å². The van der Waals surface area contributed by atoms with Gasteiger partial charge in [0.15, 0.2) is 15.8 Å². The van der Waals surface area contributed by atoms with E-state index < -0.39 is 9.84 Å². The van der Waals surface area contributed by atoms with Crippen LogP contribution in [0.25, 0.3) is 0 Å². The quantitative estimate of drug-likeness (QED) is 0.390. The van der Waals surface area contributed by atoms with Crippen LogP contribution in [0.1, 0.15) is 18.4 Å². The molecule has 29 heavy (non-hydrogen) atoms. The van der Waals surface area contributed by atoms with Gasteiger partial charge in [-0.25, -0.2) is 12.8 Å². The molecule has 8 heteroatoms. The van der Waals surface area contributed by atoms with Crippen molar-refractivity contribution in [2.45, 2.75) is 23.2 Å². The normalized spacial score (nSPS) is 15.6. The number of nitrogens with one attached hydrogen (secondary N) is 2. The van der Waals surface area contributed by atoms with Gasteiger partial charge in [0.05, 0.1) is 11.4 Å². The van der Waals surface area contributed by atoms with Crippen LogP contribution in [0, 0.1) is 5.82 Å². The molecule has 1 fully saturated rings. The molecule has 3 rings (SSSR count). The maximum atomic E-state index is 14.1. The van der Waals surface area contributed by atoms with Crippen molar-refractivity contribution in [3.63, 3.8) is 0 Å². The van der Waals surface area contributed by atoms with Gasteiger partial charge in [0.1, 0.15) is 18.2 Å². The van der Waals surface area contributed by atoms with Crippen LogP contribution in [0.4, 0.5) is 4.39 Å². The smallest absolute Gasteiger partial charge is 0.191 e. The van der Waals surface area contributed by atoms with Crippen molar-refractivity contribution in [3.8, 4) is 5.75 Å². The molecule has 0 spiro atoms. The number of hydrogen-bond acceptors (Lipinski definition) is 4. The Morgan fingerprint density at radius 3 is 2.41 bits per heavy atom. The van der Waals surface area contributed by atoms with E-state index >= 15 is 0 Å². The lowest BCUT2D eigenvalue weighted by Gasteiger charge is -2.19. The molecule has 0 heterocycles. The first kappa shape index (κ1) is 21.1. The van der Waals surface area contributed by atoms with Gasteiger partial charge < -0.3 is 15.4 Å². The molecule has 2 N–H and O–H groups in total. The van der Waals surface area contributed by atoms with Gasteiger partial charge in [-0.2, -0.15) is 0 Å². The van der Waals surface area contributed by atoms with Crippen LogP contribution in [0.15, 0.2) is 58.4 Å². The number of nitrogens with zero attached hydrogens (tertiary/aromatic N) is 1. The summed E-state index contributed by atoms with van der Waals surface area (Å²) in [6.45, 7) is 1.51. The monoisotopic (exact) mass is 419 g/mol. The number of rotatable bonds is 8. The van der Waals surface area contributed by atoms with Gasteiger partial charge >= 0.3 is 0 Å². The minimum Gasteiger partial charge on any atom is -0.492 e. The fourth-order valence-electron chi connectivity index (χ4n) is 3.18. The van der Waals surface area contributed by atoms with Crippen LogP contribution in [0.5, 0.6) is 5.75 Å². The summed E-state index contributed by atoms with van der Waals surface area (Å²) in [7, 11) is -1.53. The second-order valence-corrected chi connectivity index (χ2v) is 9.22. The zero-order chi connectivity index (χ0) is 20.9. The second kappa shape index (κ2) is 8.82. The van der Waals surface area contributed by atoms with Crippen molar-refractivity contribution in [2.75, 3.05) is 33.0 Å². The van der Waals surface area contributed by atoms with E-state index in [0.29, 0.717) is 31.4 Å². The Balaban J connectivity index is 1.44. The van der Waals surface area contributed by atoms with E-state index in [0.717, 1.165) is 18.4 Å². The third kappa shape index (κ3) is 5.47. The Morgan fingerprint density at radius 2 is 1.83 bits per heavy atom. The summed E-state index contributed by atoms with van der Waals surface area (Å²) in [6.07, 6.45) is 3.07. The molecular formula is C21H26FN3O3S. The maximum Gasteiger partial charge on any atom is 0.191 e. The van der Waals surface area contributed by atoms with Crippen LogP contribution >= 0.6 is 0 Å². The maximum absolute atomic E-state index is 14.1. The first-order valence-electron chi connectivity index (χ1n) is 9.46. The van der Waals surface area contributed by atoms with Crippen molar-refractivity contribution in [2.24, 2.45) is 4.99 Å². The van der Waals surface area contributed by atoms with E-state index in [1.54, 1.807) is 25.2 Å². The summed E-state index contributed by atoms with van der Waals surface area (Å²) < 4.78 is 42.7. The van der Waals surface area contributed by atoms with Gasteiger partial charge in [0, 0.05) is 25.3 Å². The molecule has 1 saturated carbocycles. The zero-order valence-corrected chi connectivity index (χ0v) is 17.4. The Labute approximate surface area is 171 Å². The molecule has 0 aliphatic heterocycles. The first-order chi connectivity index (χ1) is 13.8. The standard InChI is InChI=1S/C21H26FN3O3S/c1-23-20(25-15-21(11-12-21)18-5-3-4-6-19(18)22)24-13-14-28-16-7-9-17(10-8-16)29(2,26)27/h3-10H,11-15H2,1-2H3,(H2,23,24,25). The summed E-state index contributed by atoms with van der Waals surface area (Å²) in [6, 6.07) is 13.2. The third-order valence-electron chi connectivity index (χ3n) is 5.03. The van der Waals surface area contributed by atoms with Crippen molar-refractivity contribution < 1.29 is 17.5 Å². The molecule has 0 radical (unpaired) electrons. The largest absolute Gasteiger partial charge is 0.492 e. The van der Waals surface area contributed by atoms with Crippen molar-refractivity contribution in [1.82, 2.24) is 10.6 Å². The molecule has 1 aliphatic rings. The Kier molecular flexibility index (Phi) is 6.42. The Morgan fingerprint density at radius 1 is 1.14 bits per heavy atom. The Hall–Kier alpha value is -2.61. The van der Waals surface area contributed by atoms with Gasteiger partial charge in [-0.1, -0.05) is 18.2 Å². The number of ether oxygens (including phenoxy) is 1. The third-order valence-corrected chi connectivity index (χ3v) is 6.16. The highest BCUT2D eigenvalue weighted by molar-refractivity contribution is 7.90. The molecule has 0 aromatic heterocycles. The molecule has 0 bridgehead atoms. The van der Waals surface area contributed by atoms with Crippen LogP contribution < -0.4 is 15.4 Å². The number of sulfone groups is 1. The lowest BCUT2D eigenvalue weighted by molar-refractivity contribution is 0.321. The Bertz CT molecular complexity index is 971. The molecule has 0 atom stereocenters. The van der Waals surface area contributed by atoms with E-state index in [1.807, 2.05) is 12.1 Å². The van der Waals surface area contributed by atoms with Gasteiger partial charge in [-0.15, -0.1) is 0 Å². The van der Waals surface area contributed by atoms with Gasteiger partial charge in [0.2, 0.25) is 0 Å². The average Bonchev–Trinajstić information content (AvgIpc) is 3.48. The predicted octanol–water partition coefficient (Wildman–Crippen LogP) is 2.50. The van der Waals surface area contributed by atoms with Crippen LogP contribution in [0.2, 0.25) is 0 Å². The zero-order valence-electron chi connectivity index (χ0n) is 16.6. The minimum atomic E-state index is -3.21. The van der Waals surface area contributed by atoms with E-state index in [9.17, 15) is 12.8 Å². The first-order valence-corrected chi connectivity index (χ1v) is 11.4. The molecule has 1 aliphatic carbocycles. The van der Waals surface area contributed by atoms with Crippen LogP contribution in [0.3, 0.4) is 0 Å². The van der Waals surface area contributed by atoms with Gasteiger partial charge in [0.25, 0.3) is 0 Å². The minimum absolute atomic E-state index is 0.162. The summed E-state index contributed by atoms with van der Waals surface area (Å²) in [5.41, 5.74) is 0.588. The van der Waals surface area contributed by atoms with Crippen molar-refractivity contribution >= 4 is 15.8 Å². The molecule has 0 saturated heterocycles. The molecule has 2 aromatic rings. The molecule has 2 aromatic carbocycles. The summed E-state index contributed by atoms with van der Waals surface area (Å²) in [4.78, 5) is 4.46. The lowest BCUT2D eigenvalue weighted by Crippen LogP contribution is -2.42. The fraction of sp³-hybridized carbons (Fsp3) is 0.381. The number of benzene rings is 2. The average molecular weight is 420 g/mol. The topological polar surface area (TPSA) is 79.8 Å². The highest BCUT2D eigenvalue weighted by Gasteiger charge is 2.45. The summed E-state index contributed by atoms with van der Waals surface area (Å²) in [5, 5.41) is 6.44. The molecule has 156 valence electrons. The fourth-order valence-corrected chi connectivity index (χ4v) is 3.81. The van der Waals surface area contributed by atoms with E-state index in [4.69, 9.17) is 4.74 Å². The number of hydrogen-bond donors (Lipinski definition) is 2. The van der Waals surface area contributed by atoms with Crippen LogP contribution in [-0.2, 0) is 15.3 Å². The number of halogens is 1.